The molecule has 272 valence electrons. The smallest absolute Gasteiger partial charge is 0.407 e. The Morgan fingerprint density at radius 1 is 0.792 bits per heavy atom. The number of urea groups is 1. The average Bonchev–Trinajstić information content (AvgIpc) is 2.97. The maximum atomic E-state index is 13.5. The number of ketones is 1. The number of amides is 5. The third kappa shape index (κ3) is 20.6. The molecule has 1 aromatic carbocycles. The van der Waals surface area contributed by atoms with Crippen molar-refractivity contribution >= 4 is 35.4 Å². The van der Waals surface area contributed by atoms with Crippen LogP contribution in [0.5, 0.6) is 0 Å². The fourth-order valence-corrected chi connectivity index (χ4v) is 5.18. The van der Waals surface area contributed by atoms with E-state index in [0.717, 1.165) is 44.1 Å². The van der Waals surface area contributed by atoms with Crippen molar-refractivity contribution in [3.8, 4) is 0 Å². The molecule has 0 heterocycles. The number of nitrogens with two attached hydrogens (primary N) is 1. The highest BCUT2D eigenvalue weighted by atomic mass is 16.5. The molecule has 0 radical (unpaired) electrons. The first kappa shape index (κ1) is 42.4. The second kappa shape index (κ2) is 21.4. The van der Waals surface area contributed by atoms with Gasteiger partial charge in [0.05, 0.1) is 6.04 Å². The highest BCUT2D eigenvalue weighted by Gasteiger charge is 2.29. The Morgan fingerprint density at radius 2 is 1.40 bits per heavy atom. The van der Waals surface area contributed by atoms with E-state index in [9.17, 15) is 24.0 Å². The molecule has 0 unspecified atom stereocenters. The second-order valence-corrected chi connectivity index (χ2v) is 15.6. The zero-order valence-corrected chi connectivity index (χ0v) is 30.8. The number of carbonyl (C=O) groups excluding carboxylic acids is 5. The van der Waals surface area contributed by atoms with E-state index in [1.54, 1.807) is 24.3 Å². The molecule has 1 aromatic rings. The summed E-state index contributed by atoms with van der Waals surface area (Å²) < 4.78 is 5.30. The van der Waals surface area contributed by atoms with Crippen LogP contribution in [0.25, 0.3) is 0 Å². The van der Waals surface area contributed by atoms with Crippen LogP contribution in [-0.2, 0) is 25.7 Å². The number of ether oxygens (including phenoxy) is 1. The van der Waals surface area contributed by atoms with Crippen molar-refractivity contribution in [1.82, 2.24) is 16.0 Å². The van der Waals surface area contributed by atoms with Crippen molar-refractivity contribution in [3.05, 3.63) is 29.8 Å². The number of anilines is 1. The summed E-state index contributed by atoms with van der Waals surface area (Å²) in [6.07, 6.45) is 6.30. The van der Waals surface area contributed by atoms with Crippen LogP contribution in [-0.4, -0.2) is 48.9 Å². The van der Waals surface area contributed by atoms with E-state index in [2.05, 4.69) is 62.8 Å². The largest absolute Gasteiger partial charge is 0.445 e. The van der Waals surface area contributed by atoms with Gasteiger partial charge in [0, 0.05) is 37.5 Å². The zero-order chi connectivity index (χ0) is 36.3. The summed E-state index contributed by atoms with van der Waals surface area (Å²) in [6.45, 7) is 17.7. The maximum Gasteiger partial charge on any atom is 0.407 e. The molecule has 0 aliphatic carbocycles. The summed E-state index contributed by atoms with van der Waals surface area (Å²) in [6, 6.07) is 5.57. The summed E-state index contributed by atoms with van der Waals surface area (Å²) >= 11 is 0. The summed E-state index contributed by atoms with van der Waals surface area (Å²) in [5, 5.41) is 11.1. The van der Waals surface area contributed by atoms with Crippen molar-refractivity contribution in [2.45, 2.75) is 132 Å². The Hall–Kier alpha value is -3.63. The first-order valence-electron chi connectivity index (χ1n) is 17.5. The Kier molecular flexibility index (Phi) is 18.9. The Balaban J connectivity index is 2.76. The van der Waals surface area contributed by atoms with Crippen LogP contribution in [0, 0.1) is 22.7 Å². The number of primary amides is 1. The van der Waals surface area contributed by atoms with E-state index in [-0.39, 0.29) is 53.9 Å². The van der Waals surface area contributed by atoms with E-state index in [0.29, 0.717) is 31.5 Å². The molecular weight excluding hydrogens is 610 g/mol. The van der Waals surface area contributed by atoms with Gasteiger partial charge in [0.15, 0.2) is 5.78 Å². The lowest BCUT2D eigenvalue weighted by Crippen LogP contribution is -2.45. The molecular formula is C37H63N5O6. The topological polar surface area (TPSA) is 169 Å². The van der Waals surface area contributed by atoms with E-state index < -0.39 is 24.1 Å². The Morgan fingerprint density at radius 3 is 1.98 bits per heavy atom. The normalized spacial score (nSPS) is 12.9. The minimum Gasteiger partial charge on any atom is -0.445 e. The van der Waals surface area contributed by atoms with E-state index in [1.807, 2.05) is 13.8 Å². The number of Topliss-reactive ketones (excluding diaryl/α,β-unsaturated/α-hetero) is 1. The van der Waals surface area contributed by atoms with Gasteiger partial charge in [0.1, 0.15) is 6.61 Å². The molecule has 2 atom stereocenters. The molecule has 0 aromatic heterocycles. The minimum absolute atomic E-state index is 0.0616. The van der Waals surface area contributed by atoms with Gasteiger partial charge in [-0.05, 0) is 73.0 Å². The van der Waals surface area contributed by atoms with Crippen LogP contribution in [0.3, 0.4) is 0 Å². The SMILES string of the molecule is CC(C)[C@@H](NC(=O)CCCCCC(C)(C)C)C(=O)C[C@@H](CCCNC(N)=O)C(=O)Nc1ccc(COC(=O)NCCCC(C)(C)C)cc1. The second-order valence-electron chi connectivity index (χ2n) is 15.6. The minimum atomic E-state index is -0.707. The van der Waals surface area contributed by atoms with Crippen LogP contribution in [0.2, 0.25) is 0 Å². The third-order valence-electron chi connectivity index (χ3n) is 7.97. The predicted octanol–water partition coefficient (Wildman–Crippen LogP) is 6.84. The maximum absolute atomic E-state index is 13.5. The number of unbranched alkanes of at least 4 members (excludes halogenated alkanes) is 2. The number of rotatable bonds is 21. The number of carbonyl (C=O) groups is 5. The average molecular weight is 674 g/mol. The van der Waals surface area contributed by atoms with Gasteiger partial charge in [0.2, 0.25) is 11.8 Å². The molecule has 0 aliphatic heterocycles. The van der Waals surface area contributed by atoms with Crippen LogP contribution in [0.1, 0.15) is 125 Å². The summed E-state index contributed by atoms with van der Waals surface area (Å²) in [4.78, 5) is 62.8. The van der Waals surface area contributed by atoms with Gasteiger partial charge < -0.3 is 31.7 Å². The van der Waals surface area contributed by atoms with E-state index in [1.165, 1.54) is 0 Å². The van der Waals surface area contributed by atoms with Gasteiger partial charge >= 0.3 is 12.1 Å². The number of alkyl carbamates (subject to hydrolysis) is 1. The van der Waals surface area contributed by atoms with Crippen LogP contribution >= 0.6 is 0 Å². The molecule has 1 rings (SSSR count). The lowest BCUT2D eigenvalue weighted by atomic mass is 9.89. The quantitative estimate of drug-likeness (QED) is 0.0896. The third-order valence-corrected chi connectivity index (χ3v) is 7.97. The first-order chi connectivity index (χ1) is 22.4. The summed E-state index contributed by atoms with van der Waals surface area (Å²) in [5.41, 5.74) is 6.94. The zero-order valence-electron chi connectivity index (χ0n) is 30.8. The fourth-order valence-electron chi connectivity index (χ4n) is 5.18. The molecule has 11 heteroatoms. The van der Waals surface area contributed by atoms with Gasteiger partial charge in [0.25, 0.3) is 0 Å². The summed E-state index contributed by atoms with van der Waals surface area (Å²) in [7, 11) is 0. The Bertz CT molecular complexity index is 1150. The lowest BCUT2D eigenvalue weighted by molar-refractivity contribution is -0.131. The molecule has 0 spiro atoms. The highest BCUT2D eigenvalue weighted by molar-refractivity contribution is 5.97. The molecule has 6 N–H and O–H groups in total. The lowest BCUT2D eigenvalue weighted by Gasteiger charge is -2.24. The standard InChI is InChI=1S/C37H63N5O6/c1-26(2)32(42-31(44)15-10-9-11-20-36(3,4)5)30(43)24-28(14-12-22-39-34(38)46)33(45)41-29-18-16-27(17-19-29)25-48-35(47)40-23-13-21-37(6,7)8/h16-19,26,28,32H,9-15,20-25H2,1-8H3,(H,40,47)(H,41,45)(H,42,44)(H3,38,39,46)/t28-,32-/m1/s1. The van der Waals surface area contributed by atoms with Gasteiger partial charge in [-0.15, -0.1) is 0 Å². The summed E-state index contributed by atoms with van der Waals surface area (Å²) in [5.74, 6) is -1.55. The number of nitrogens with one attached hydrogen (secondary N) is 4. The van der Waals surface area contributed by atoms with Crippen LogP contribution < -0.4 is 27.0 Å². The van der Waals surface area contributed by atoms with Gasteiger partial charge in [-0.1, -0.05) is 80.4 Å². The van der Waals surface area contributed by atoms with Crippen molar-refractivity contribution in [3.63, 3.8) is 0 Å². The fraction of sp³-hybridized carbons (Fsp3) is 0.703. The molecule has 5 amide bonds. The molecule has 0 fully saturated rings. The van der Waals surface area contributed by atoms with E-state index in [4.69, 9.17) is 10.5 Å². The van der Waals surface area contributed by atoms with Crippen molar-refractivity contribution in [2.24, 2.45) is 28.4 Å². The number of benzene rings is 1. The van der Waals surface area contributed by atoms with Crippen LogP contribution in [0.15, 0.2) is 24.3 Å². The van der Waals surface area contributed by atoms with Crippen molar-refractivity contribution < 1.29 is 28.7 Å². The molecule has 0 saturated heterocycles. The number of hydrogen-bond acceptors (Lipinski definition) is 6. The molecule has 48 heavy (non-hydrogen) atoms. The molecule has 0 aliphatic rings. The van der Waals surface area contributed by atoms with Gasteiger partial charge in [-0.25, -0.2) is 9.59 Å². The Labute approximate surface area is 288 Å². The number of hydrogen-bond donors (Lipinski definition) is 5. The van der Waals surface area contributed by atoms with Crippen molar-refractivity contribution in [2.75, 3.05) is 18.4 Å². The van der Waals surface area contributed by atoms with Gasteiger partial charge in [-0.2, -0.15) is 0 Å². The van der Waals surface area contributed by atoms with Crippen LogP contribution in [0.4, 0.5) is 15.3 Å². The highest BCUT2D eigenvalue weighted by Crippen LogP contribution is 2.23. The monoisotopic (exact) mass is 673 g/mol. The molecule has 0 bridgehead atoms. The molecule has 0 saturated carbocycles. The predicted molar refractivity (Wildman–Crippen MR) is 191 cm³/mol. The molecule has 11 nitrogen and oxygen atoms in total. The van der Waals surface area contributed by atoms with Crippen molar-refractivity contribution in [1.29, 1.82) is 0 Å². The first-order valence-corrected chi connectivity index (χ1v) is 17.5. The van der Waals surface area contributed by atoms with E-state index >= 15 is 0 Å². The van der Waals surface area contributed by atoms with Gasteiger partial charge in [-0.3, -0.25) is 14.4 Å².